The summed E-state index contributed by atoms with van der Waals surface area (Å²) >= 11 is 1.93. The van der Waals surface area contributed by atoms with Crippen molar-refractivity contribution in [2.45, 2.75) is 10.9 Å². The van der Waals surface area contributed by atoms with Crippen LogP contribution in [0, 0.1) is 0 Å². The maximum absolute atomic E-state index is 4.48. The molecule has 74 valence electrons. The van der Waals surface area contributed by atoms with Gasteiger partial charge in [-0.15, -0.1) is 11.8 Å². The van der Waals surface area contributed by atoms with E-state index in [0.29, 0.717) is 6.04 Å². The average molecular weight is 207 g/mol. The summed E-state index contributed by atoms with van der Waals surface area (Å²) in [6.45, 7) is 3.27. The van der Waals surface area contributed by atoms with Gasteiger partial charge in [0.15, 0.2) is 0 Å². The molecule has 1 atom stereocenters. The van der Waals surface area contributed by atoms with Gasteiger partial charge < -0.3 is 10.2 Å². The lowest BCUT2D eigenvalue weighted by Crippen LogP contribution is -2.54. The third-order valence-corrected chi connectivity index (χ3v) is 3.99. The van der Waals surface area contributed by atoms with Crippen LogP contribution in [0.25, 0.3) is 0 Å². The molecule has 3 rings (SSSR count). The minimum absolute atomic E-state index is 0.635. The van der Waals surface area contributed by atoms with Crippen LogP contribution < -0.4 is 10.2 Å². The first-order chi connectivity index (χ1) is 6.95. The van der Waals surface area contributed by atoms with Gasteiger partial charge in [-0.1, -0.05) is 0 Å². The van der Waals surface area contributed by atoms with Gasteiger partial charge in [-0.3, -0.25) is 0 Å². The second kappa shape index (κ2) is 3.44. The van der Waals surface area contributed by atoms with Gasteiger partial charge in [-0.25, -0.2) is 4.98 Å². The van der Waals surface area contributed by atoms with Crippen molar-refractivity contribution in [2.24, 2.45) is 0 Å². The standard InChI is InChI=1S/C10H13N3S/c1-2-9-10(12-3-1)13-5-4-11-6-8(13)7-14-9/h1-3,8,11H,4-7H2. The molecule has 2 aliphatic heterocycles. The van der Waals surface area contributed by atoms with E-state index in [4.69, 9.17) is 0 Å². The van der Waals surface area contributed by atoms with Crippen LogP contribution in [0.2, 0.25) is 0 Å². The van der Waals surface area contributed by atoms with Crippen LogP contribution in [0.5, 0.6) is 0 Å². The highest BCUT2D eigenvalue weighted by Gasteiger charge is 2.29. The zero-order chi connectivity index (χ0) is 9.38. The molecule has 4 heteroatoms. The summed E-state index contributed by atoms with van der Waals surface area (Å²) in [5.74, 6) is 2.38. The van der Waals surface area contributed by atoms with Crippen molar-refractivity contribution in [3.63, 3.8) is 0 Å². The molecule has 1 saturated heterocycles. The summed E-state index contributed by atoms with van der Waals surface area (Å²) in [6.07, 6.45) is 1.89. The van der Waals surface area contributed by atoms with Crippen molar-refractivity contribution < 1.29 is 0 Å². The van der Waals surface area contributed by atoms with Gasteiger partial charge in [0.1, 0.15) is 5.82 Å². The fraction of sp³-hybridized carbons (Fsp3) is 0.500. The summed E-state index contributed by atoms with van der Waals surface area (Å²) in [5.41, 5.74) is 0. The van der Waals surface area contributed by atoms with Gasteiger partial charge in [0.2, 0.25) is 0 Å². The smallest absolute Gasteiger partial charge is 0.142 e. The molecule has 0 saturated carbocycles. The lowest BCUT2D eigenvalue weighted by molar-refractivity contribution is 0.495. The molecule has 0 amide bonds. The largest absolute Gasteiger partial charge is 0.349 e. The fourth-order valence-electron chi connectivity index (χ4n) is 2.09. The summed E-state index contributed by atoms with van der Waals surface area (Å²) in [4.78, 5) is 8.27. The summed E-state index contributed by atoms with van der Waals surface area (Å²) in [6, 6.07) is 4.83. The molecule has 0 spiro atoms. The molecule has 0 radical (unpaired) electrons. The van der Waals surface area contributed by atoms with Crippen molar-refractivity contribution in [1.29, 1.82) is 0 Å². The van der Waals surface area contributed by atoms with Gasteiger partial charge in [0.05, 0.1) is 10.9 Å². The highest BCUT2D eigenvalue weighted by molar-refractivity contribution is 7.99. The Labute approximate surface area is 87.9 Å². The number of rotatable bonds is 0. The number of thioether (sulfide) groups is 1. The quantitative estimate of drug-likeness (QED) is 0.686. The highest BCUT2D eigenvalue weighted by atomic mass is 32.2. The molecule has 1 fully saturated rings. The van der Waals surface area contributed by atoms with Crippen LogP contribution in [0.15, 0.2) is 23.2 Å². The molecular weight excluding hydrogens is 194 g/mol. The van der Waals surface area contributed by atoms with Crippen LogP contribution in [-0.4, -0.2) is 36.4 Å². The summed E-state index contributed by atoms with van der Waals surface area (Å²) in [7, 11) is 0. The Kier molecular flexibility index (Phi) is 2.10. The lowest BCUT2D eigenvalue weighted by Gasteiger charge is -2.40. The molecule has 1 aromatic heterocycles. The molecule has 1 aromatic rings. The molecule has 0 bridgehead atoms. The van der Waals surface area contributed by atoms with Crippen LogP contribution in [-0.2, 0) is 0 Å². The third-order valence-electron chi connectivity index (χ3n) is 2.80. The van der Waals surface area contributed by atoms with E-state index in [2.05, 4.69) is 21.3 Å². The van der Waals surface area contributed by atoms with Gasteiger partial charge in [-0.05, 0) is 12.1 Å². The second-order valence-electron chi connectivity index (χ2n) is 3.69. The van der Waals surface area contributed by atoms with Crippen LogP contribution in [0.4, 0.5) is 5.82 Å². The molecular formula is C10H13N3S. The van der Waals surface area contributed by atoms with Crippen LogP contribution >= 0.6 is 11.8 Å². The normalized spacial score (nSPS) is 25.4. The number of nitrogens with one attached hydrogen (secondary N) is 1. The first-order valence-corrected chi connectivity index (χ1v) is 5.99. The number of pyridine rings is 1. The number of piperazine rings is 1. The Hall–Kier alpha value is -0.740. The van der Waals surface area contributed by atoms with E-state index in [1.807, 2.05) is 24.0 Å². The van der Waals surface area contributed by atoms with Gasteiger partial charge >= 0.3 is 0 Å². The number of anilines is 1. The van der Waals surface area contributed by atoms with Gasteiger partial charge in [0, 0.05) is 31.6 Å². The molecule has 0 aromatic carbocycles. The van der Waals surface area contributed by atoms with Crippen molar-refractivity contribution in [3.8, 4) is 0 Å². The minimum atomic E-state index is 0.635. The van der Waals surface area contributed by atoms with Crippen molar-refractivity contribution in [1.82, 2.24) is 10.3 Å². The predicted octanol–water partition coefficient (Wildman–Crippen LogP) is 0.965. The first kappa shape index (κ1) is 8.56. The molecule has 0 aliphatic carbocycles. The van der Waals surface area contributed by atoms with Gasteiger partial charge in [0.25, 0.3) is 0 Å². The molecule has 1 unspecified atom stereocenters. The van der Waals surface area contributed by atoms with E-state index in [-0.39, 0.29) is 0 Å². The number of aromatic nitrogens is 1. The van der Waals surface area contributed by atoms with E-state index in [1.54, 1.807) is 0 Å². The fourth-order valence-corrected chi connectivity index (χ4v) is 3.23. The van der Waals surface area contributed by atoms with Crippen LogP contribution in [0.1, 0.15) is 0 Å². The Morgan fingerprint density at radius 1 is 1.57 bits per heavy atom. The van der Waals surface area contributed by atoms with Crippen molar-refractivity contribution >= 4 is 17.6 Å². The molecule has 14 heavy (non-hydrogen) atoms. The molecule has 3 heterocycles. The predicted molar refractivity (Wildman–Crippen MR) is 59.0 cm³/mol. The SMILES string of the molecule is c1cnc2c(c1)SCC1CNCCN21. The maximum atomic E-state index is 4.48. The second-order valence-corrected chi connectivity index (χ2v) is 4.75. The summed E-state index contributed by atoms with van der Waals surface area (Å²) < 4.78 is 0. The van der Waals surface area contributed by atoms with E-state index in [1.165, 1.54) is 16.5 Å². The Morgan fingerprint density at radius 2 is 2.57 bits per heavy atom. The maximum Gasteiger partial charge on any atom is 0.142 e. The number of nitrogens with zero attached hydrogens (tertiary/aromatic N) is 2. The molecule has 3 nitrogen and oxygen atoms in total. The monoisotopic (exact) mass is 207 g/mol. The number of hydrogen-bond donors (Lipinski definition) is 1. The van der Waals surface area contributed by atoms with Crippen molar-refractivity contribution in [3.05, 3.63) is 18.3 Å². The topological polar surface area (TPSA) is 28.2 Å². The number of fused-ring (bicyclic) bond motifs is 3. The average Bonchev–Trinajstić information content (AvgIpc) is 2.29. The molecule has 2 aliphatic rings. The minimum Gasteiger partial charge on any atom is -0.349 e. The number of hydrogen-bond acceptors (Lipinski definition) is 4. The molecule has 1 N–H and O–H groups in total. The summed E-state index contributed by atoms with van der Waals surface area (Å²) in [5, 5.41) is 3.43. The first-order valence-electron chi connectivity index (χ1n) is 5.00. The van der Waals surface area contributed by atoms with E-state index >= 15 is 0 Å². The Balaban J connectivity index is 1.99. The van der Waals surface area contributed by atoms with E-state index < -0.39 is 0 Å². The Morgan fingerprint density at radius 3 is 3.57 bits per heavy atom. The van der Waals surface area contributed by atoms with E-state index in [0.717, 1.165) is 19.6 Å². The Bertz CT molecular complexity index is 342. The van der Waals surface area contributed by atoms with Gasteiger partial charge in [-0.2, -0.15) is 0 Å². The van der Waals surface area contributed by atoms with Crippen molar-refractivity contribution in [2.75, 3.05) is 30.3 Å². The van der Waals surface area contributed by atoms with E-state index in [9.17, 15) is 0 Å². The zero-order valence-corrected chi connectivity index (χ0v) is 8.76. The van der Waals surface area contributed by atoms with Crippen LogP contribution in [0.3, 0.4) is 0 Å². The highest BCUT2D eigenvalue weighted by Crippen LogP contribution is 2.35. The zero-order valence-electron chi connectivity index (χ0n) is 7.94. The lowest BCUT2D eigenvalue weighted by atomic mass is 10.2. The third kappa shape index (κ3) is 1.29.